The van der Waals surface area contributed by atoms with Crippen molar-refractivity contribution in [3.05, 3.63) is 35.4 Å². The fraction of sp³-hybridized carbons (Fsp3) is 0.583. The van der Waals surface area contributed by atoms with Gasteiger partial charge in [0.2, 0.25) is 11.8 Å². The van der Waals surface area contributed by atoms with Gasteiger partial charge >= 0.3 is 5.97 Å². The number of Topliss-reactive ketones (excluding diaryl/α,β-unsaturated/α-hetero) is 1. The van der Waals surface area contributed by atoms with Gasteiger partial charge in [-0.1, -0.05) is 37.1 Å². The number of amides is 2. The van der Waals surface area contributed by atoms with Crippen molar-refractivity contribution in [2.75, 3.05) is 0 Å². The molecule has 5 rings (SSSR count). The van der Waals surface area contributed by atoms with Gasteiger partial charge in [-0.15, -0.1) is 0 Å². The van der Waals surface area contributed by atoms with Crippen LogP contribution in [0.2, 0.25) is 0 Å². The molecule has 1 spiro atoms. The summed E-state index contributed by atoms with van der Waals surface area (Å²) in [5.74, 6) is -1.62. The fourth-order valence-corrected chi connectivity index (χ4v) is 6.34. The van der Waals surface area contributed by atoms with Crippen molar-refractivity contribution >= 4 is 23.6 Å². The lowest BCUT2D eigenvalue weighted by atomic mass is 9.79. The molecule has 4 unspecified atom stereocenters. The van der Waals surface area contributed by atoms with Gasteiger partial charge in [0, 0.05) is 19.0 Å². The lowest BCUT2D eigenvalue weighted by molar-refractivity contribution is -0.154. The van der Waals surface area contributed by atoms with Crippen molar-refractivity contribution in [3.63, 3.8) is 0 Å². The molecule has 2 amide bonds. The molecule has 0 N–H and O–H groups in total. The van der Waals surface area contributed by atoms with Crippen molar-refractivity contribution in [1.82, 2.24) is 9.80 Å². The van der Waals surface area contributed by atoms with Crippen LogP contribution in [0.15, 0.2) is 24.3 Å². The van der Waals surface area contributed by atoms with E-state index in [1.807, 2.05) is 36.1 Å². The first-order valence-electron chi connectivity index (χ1n) is 11.2. The Morgan fingerprint density at radius 2 is 1.84 bits per heavy atom. The van der Waals surface area contributed by atoms with Crippen LogP contribution in [0.5, 0.6) is 0 Å². The Hall–Kier alpha value is -2.70. The van der Waals surface area contributed by atoms with E-state index in [2.05, 4.69) is 0 Å². The molecule has 1 saturated carbocycles. The molecule has 1 aromatic carbocycles. The molecule has 1 aliphatic carbocycles. The predicted octanol–water partition coefficient (Wildman–Crippen LogP) is 2.14. The van der Waals surface area contributed by atoms with Crippen LogP contribution in [-0.2, 0) is 30.5 Å². The molecule has 3 aliphatic heterocycles. The van der Waals surface area contributed by atoms with E-state index in [4.69, 9.17) is 4.74 Å². The molecule has 4 aliphatic rings. The summed E-state index contributed by atoms with van der Waals surface area (Å²) >= 11 is 0. The molecule has 7 nitrogen and oxygen atoms in total. The lowest BCUT2D eigenvalue weighted by Gasteiger charge is -2.37. The minimum Gasteiger partial charge on any atom is -0.453 e. The summed E-state index contributed by atoms with van der Waals surface area (Å²) in [6.07, 6.45) is 3.91. The molecule has 0 bridgehead atoms. The van der Waals surface area contributed by atoms with Gasteiger partial charge in [0.15, 0.2) is 11.6 Å². The van der Waals surface area contributed by atoms with Crippen LogP contribution in [0, 0.1) is 12.8 Å². The first kappa shape index (κ1) is 20.2. The molecule has 4 fully saturated rings. The summed E-state index contributed by atoms with van der Waals surface area (Å²) in [7, 11) is 0. The standard InChI is InChI=1S/C24H28N2O5/c1-14-7-3-4-8-16(14)13-25-21-23(30)26(17-9-5-6-10-17)19(11-15(2)27)24(21)18(22(25)29)12-20(28)31-24/h3-4,7-8,17-19,21H,5-6,9-13H2,1-2H3. The number of ether oxygens (including phenoxy) is 1. The van der Waals surface area contributed by atoms with Gasteiger partial charge in [-0.05, 0) is 37.8 Å². The zero-order valence-corrected chi connectivity index (χ0v) is 18.0. The summed E-state index contributed by atoms with van der Waals surface area (Å²) in [5, 5.41) is 0. The number of hydrogen-bond donors (Lipinski definition) is 0. The van der Waals surface area contributed by atoms with Gasteiger partial charge in [0.1, 0.15) is 5.78 Å². The molecule has 31 heavy (non-hydrogen) atoms. The highest BCUT2D eigenvalue weighted by atomic mass is 16.6. The normalized spacial score (nSPS) is 32.6. The molecule has 164 valence electrons. The average molecular weight is 424 g/mol. The Bertz CT molecular complexity index is 968. The van der Waals surface area contributed by atoms with Crippen molar-refractivity contribution < 1.29 is 23.9 Å². The lowest BCUT2D eigenvalue weighted by Crippen LogP contribution is -2.53. The summed E-state index contributed by atoms with van der Waals surface area (Å²) in [4.78, 5) is 55.5. The second-order valence-electron chi connectivity index (χ2n) is 9.49. The molecule has 0 radical (unpaired) electrons. The maximum absolute atomic E-state index is 13.9. The SMILES string of the molecule is CC(=O)CC1N(C2CCCC2)C(=O)C2N(Cc3ccccc3C)C(=O)C3CC(=O)OC321. The first-order chi connectivity index (χ1) is 14.8. The third-order valence-electron chi connectivity index (χ3n) is 7.67. The Balaban J connectivity index is 1.60. The van der Waals surface area contributed by atoms with Gasteiger partial charge in [-0.25, -0.2) is 0 Å². The minimum atomic E-state index is -1.26. The molecule has 1 aromatic rings. The molecule has 4 atom stereocenters. The van der Waals surface area contributed by atoms with E-state index in [1.165, 1.54) is 6.92 Å². The van der Waals surface area contributed by atoms with Gasteiger partial charge < -0.3 is 14.5 Å². The Kier molecular flexibility index (Phi) is 4.68. The highest BCUT2D eigenvalue weighted by Crippen LogP contribution is 2.55. The quantitative estimate of drug-likeness (QED) is 0.677. The van der Waals surface area contributed by atoms with Crippen molar-refractivity contribution in [2.24, 2.45) is 5.92 Å². The highest BCUT2D eigenvalue weighted by molar-refractivity contribution is 6.02. The predicted molar refractivity (Wildman–Crippen MR) is 111 cm³/mol. The number of likely N-dealkylation sites (tertiary alicyclic amines) is 2. The minimum absolute atomic E-state index is 0.0280. The number of aryl methyl sites for hydroxylation is 1. The van der Waals surface area contributed by atoms with Crippen molar-refractivity contribution in [2.45, 2.75) is 82.6 Å². The number of hydrogen-bond acceptors (Lipinski definition) is 5. The van der Waals surface area contributed by atoms with Gasteiger partial charge in [-0.2, -0.15) is 0 Å². The topological polar surface area (TPSA) is 84.0 Å². The largest absolute Gasteiger partial charge is 0.453 e. The second-order valence-corrected chi connectivity index (χ2v) is 9.49. The molecule has 7 heteroatoms. The average Bonchev–Trinajstić information content (AvgIpc) is 3.44. The first-order valence-corrected chi connectivity index (χ1v) is 11.2. The van der Waals surface area contributed by atoms with Crippen molar-refractivity contribution in [3.8, 4) is 0 Å². The highest BCUT2D eigenvalue weighted by Gasteiger charge is 2.77. The molecule has 0 aromatic heterocycles. The maximum atomic E-state index is 13.9. The third kappa shape index (κ3) is 2.85. The molecular weight excluding hydrogens is 396 g/mol. The Labute approximate surface area is 181 Å². The van der Waals surface area contributed by atoms with Crippen LogP contribution in [0.25, 0.3) is 0 Å². The summed E-state index contributed by atoms with van der Waals surface area (Å²) in [5.41, 5.74) is 0.742. The number of carbonyl (C=O) groups is 4. The molecule has 3 heterocycles. The maximum Gasteiger partial charge on any atom is 0.307 e. The number of carbonyl (C=O) groups excluding carboxylic acids is 4. The third-order valence-corrected chi connectivity index (χ3v) is 7.67. The number of rotatable bonds is 5. The zero-order chi connectivity index (χ0) is 21.9. The zero-order valence-electron chi connectivity index (χ0n) is 18.0. The van der Waals surface area contributed by atoms with E-state index >= 15 is 0 Å². The Morgan fingerprint density at radius 1 is 1.13 bits per heavy atom. The van der Waals surface area contributed by atoms with Crippen LogP contribution in [-0.4, -0.2) is 57.1 Å². The van der Waals surface area contributed by atoms with Gasteiger partial charge in [0.05, 0.1) is 18.4 Å². The van der Waals surface area contributed by atoms with E-state index < -0.39 is 29.6 Å². The van der Waals surface area contributed by atoms with Crippen LogP contribution in [0.4, 0.5) is 0 Å². The Morgan fingerprint density at radius 3 is 2.52 bits per heavy atom. The van der Waals surface area contributed by atoms with E-state index in [1.54, 1.807) is 4.90 Å². The molecule has 3 saturated heterocycles. The van der Waals surface area contributed by atoms with E-state index in [-0.39, 0.29) is 36.5 Å². The van der Waals surface area contributed by atoms with Crippen LogP contribution in [0.1, 0.15) is 56.6 Å². The monoisotopic (exact) mass is 424 g/mol. The number of nitrogens with zero attached hydrogens (tertiary/aromatic N) is 2. The van der Waals surface area contributed by atoms with E-state index in [0.717, 1.165) is 36.8 Å². The van der Waals surface area contributed by atoms with Crippen LogP contribution in [0.3, 0.4) is 0 Å². The van der Waals surface area contributed by atoms with Gasteiger partial charge in [0.25, 0.3) is 0 Å². The van der Waals surface area contributed by atoms with E-state index in [9.17, 15) is 19.2 Å². The van der Waals surface area contributed by atoms with E-state index in [0.29, 0.717) is 6.54 Å². The number of ketones is 1. The fourth-order valence-electron chi connectivity index (χ4n) is 6.34. The summed E-state index contributed by atoms with van der Waals surface area (Å²) in [6.45, 7) is 3.77. The summed E-state index contributed by atoms with van der Waals surface area (Å²) < 4.78 is 5.92. The molecular formula is C24H28N2O5. The van der Waals surface area contributed by atoms with Crippen LogP contribution < -0.4 is 0 Å². The van der Waals surface area contributed by atoms with Crippen LogP contribution >= 0.6 is 0 Å². The van der Waals surface area contributed by atoms with Crippen molar-refractivity contribution in [1.29, 1.82) is 0 Å². The number of benzene rings is 1. The summed E-state index contributed by atoms with van der Waals surface area (Å²) in [6, 6.07) is 6.39. The number of esters is 1. The van der Waals surface area contributed by atoms with Gasteiger partial charge in [-0.3, -0.25) is 19.2 Å². The smallest absolute Gasteiger partial charge is 0.307 e. The second kappa shape index (κ2) is 7.18.